The lowest BCUT2D eigenvalue weighted by Crippen LogP contribution is -2.17. The molecular formula is C8H12F2N4. The Morgan fingerprint density at radius 2 is 2.29 bits per heavy atom. The topological polar surface area (TPSA) is 63.8 Å². The molecule has 0 aliphatic heterocycles. The molecule has 0 saturated carbocycles. The van der Waals surface area contributed by atoms with E-state index in [0.29, 0.717) is 11.5 Å². The summed E-state index contributed by atoms with van der Waals surface area (Å²) in [7, 11) is 0. The van der Waals surface area contributed by atoms with Crippen LogP contribution in [0, 0.1) is 0 Å². The van der Waals surface area contributed by atoms with Crippen LogP contribution in [0.25, 0.3) is 0 Å². The number of alkyl halides is 2. The third-order valence-electron chi connectivity index (χ3n) is 1.60. The van der Waals surface area contributed by atoms with Crippen molar-refractivity contribution in [3.05, 3.63) is 12.5 Å². The van der Waals surface area contributed by atoms with Crippen LogP contribution < -0.4 is 11.1 Å². The van der Waals surface area contributed by atoms with E-state index < -0.39 is 5.92 Å². The zero-order chi connectivity index (χ0) is 10.6. The van der Waals surface area contributed by atoms with Crippen LogP contribution in [0.4, 0.5) is 20.3 Å². The highest BCUT2D eigenvalue weighted by Gasteiger charge is 2.20. The maximum atomic E-state index is 12.4. The van der Waals surface area contributed by atoms with Gasteiger partial charge < -0.3 is 11.1 Å². The first-order valence-electron chi connectivity index (χ1n) is 4.16. The van der Waals surface area contributed by atoms with E-state index >= 15 is 0 Å². The Balaban J connectivity index is 2.43. The van der Waals surface area contributed by atoms with Crippen molar-refractivity contribution in [3.63, 3.8) is 0 Å². The molecule has 14 heavy (non-hydrogen) atoms. The van der Waals surface area contributed by atoms with Gasteiger partial charge in [0, 0.05) is 13.0 Å². The van der Waals surface area contributed by atoms with E-state index in [4.69, 9.17) is 5.73 Å². The van der Waals surface area contributed by atoms with Crippen LogP contribution in [0.3, 0.4) is 0 Å². The monoisotopic (exact) mass is 202 g/mol. The van der Waals surface area contributed by atoms with Gasteiger partial charge in [0.1, 0.15) is 6.33 Å². The molecule has 1 aromatic rings. The molecule has 0 fully saturated rings. The Labute approximate surface area is 80.6 Å². The van der Waals surface area contributed by atoms with E-state index in [1.807, 2.05) is 0 Å². The molecule has 0 spiro atoms. The molecule has 6 heteroatoms. The van der Waals surface area contributed by atoms with Gasteiger partial charge >= 0.3 is 0 Å². The minimum absolute atomic E-state index is 0.130. The number of nitrogens with zero attached hydrogens (tertiary/aromatic N) is 2. The Morgan fingerprint density at radius 3 is 2.86 bits per heavy atom. The van der Waals surface area contributed by atoms with Crippen molar-refractivity contribution in [2.24, 2.45) is 0 Å². The van der Waals surface area contributed by atoms with E-state index in [0.717, 1.165) is 6.92 Å². The number of anilines is 2. The smallest absolute Gasteiger partial charge is 0.247 e. The number of nitrogens with two attached hydrogens (primary N) is 1. The molecule has 0 atom stereocenters. The molecule has 1 heterocycles. The van der Waals surface area contributed by atoms with Crippen LogP contribution in [0.5, 0.6) is 0 Å². The molecule has 1 rings (SSSR count). The molecule has 3 N–H and O–H groups in total. The predicted molar refractivity (Wildman–Crippen MR) is 50.2 cm³/mol. The van der Waals surface area contributed by atoms with Gasteiger partial charge in [-0.25, -0.2) is 18.7 Å². The Kier molecular flexibility index (Phi) is 3.16. The highest BCUT2D eigenvalue weighted by Crippen LogP contribution is 2.17. The van der Waals surface area contributed by atoms with Crippen molar-refractivity contribution in [3.8, 4) is 0 Å². The summed E-state index contributed by atoms with van der Waals surface area (Å²) in [6.45, 7) is 1.00. The van der Waals surface area contributed by atoms with Crippen molar-refractivity contribution >= 4 is 11.5 Å². The molecule has 1 aromatic heterocycles. The number of hydrogen-bond acceptors (Lipinski definition) is 4. The number of halogens is 2. The zero-order valence-corrected chi connectivity index (χ0v) is 7.80. The maximum Gasteiger partial charge on any atom is 0.247 e. The fraction of sp³-hybridized carbons (Fsp3) is 0.500. The fourth-order valence-electron chi connectivity index (χ4n) is 0.888. The average Bonchev–Trinajstić information content (AvgIpc) is 2.06. The lowest BCUT2D eigenvalue weighted by atomic mass is 10.3. The van der Waals surface area contributed by atoms with E-state index in [1.165, 1.54) is 12.5 Å². The molecule has 0 aliphatic carbocycles. The third-order valence-corrected chi connectivity index (χ3v) is 1.60. The molecular weight excluding hydrogens is 190 g/mol. The molecule has 4 nitrogen and oxygen atoms in total. The lowest BCUT2D eigenvalue weighted by molar-refractivity contribution is 0.0167. The van der Waals surface area contributed by atoms with Gasteiger partial charge in [-0.05, 0) is 6.92 Å². The normalized spacial score (nSPS) is 11.4. The first-order valence-corrected chi connectivity index (χ1v) is 4.16. The van der Waals surface area contributed by atoms with Gasteiger partial charge in [0.25, 0.3) is 0 Å². The second-order valence-corrected chi connectivity index (χ2v) is 3.07. The Morgan fingerprint density at radius 1 is 1.57 bits per heavy atom. The largest absolute Gasteiger partial charge is 0.394 e. The van der Waals surface area contributed by atoms with E-state index in [2.05, 4.69) is 15.3 Å². The van der Waals surface area contributed by atoms with Crippen LogP contribution in [-0.4, -0.2) is 22.4 Å². The number of hydrogen-bond donors (Lipinski definition) is 2. The van der Waals surface area contributed by atoms with Crippen LogP contribution in [0.15, 0.2) is 12.5 Å². The van der Waals surface area contributed by atoms with Gasteiger partial charge in [-0.15, -0.1) is 0 Å². The first-order chi connectivity index (χ1) is 6.49. The van der Waals surface area contributed by atoms with Crippen molar-refractivity contribution in [1.29, 1.82) is 0 Å². The summed E-state index contributed by atoms with van der Waals surface area (Å²) < 4.78 is 24.8. The molecule has 0 saturated heterocycles. The molecule has 0 radical (unpaired) electrons. The second-order valence-electron chi connectivity index (χ2n) is 3.07. The third kappa shape index (κ3) is 3.51. The number of aromatic nitrogens is 2. The summed E-state index contributed by atoms with van der Waals surface area (Å²) in [4.78, 5) is 7.48. The molecule has 0 aromatic carbocycles. The summed E-state index contributed by atoms with van der Waals surface area (Å²) in [5.74, 6) is -2.28. The van der Waals surface area contributed by atoms with E-state index in [1.54, 1.807) is 0 Å². The quantitative estimate of drug-likeness (QED) is 0.776. The zero-order valence-electron chi connectivity index (χ0n) is 7.80. The van der Waals surface area contributed by atoms with E-state index in [9.17, 15) is 8.78 Å². The standard InChI is InChI=1S/C8H12F2N4/c1-8(9,10)2-3-13-7-6(11)4-12-5-14-7/h4-5H,2-3,11H2,1H3,(H,12,13,14). The predicted octanol–water partition coefficient (Wildman–Crippen LogP) is 1.52. The van der Waals surface area contributed by atoms with Gasteiger partial charge in [0.15, 0.2) is 5.82 Å². The van der Waals surface area contributed by atoms with Gasteiger partial charge in [0.05, 0.1) is 11.9 Å². The first kappa shape index (κ1) is 10.6. The van der Waals surface area contributed by atoms with Gasteiger partial charge in [-0.3, -0.25) is 0 Å². The van der Waals surface area contributed by atoms with Crippen LogP contribution in [0.2, 0.25) is 0 Å². The Bertz CT molecular complexity index is 298. The SMILES string of the molecule is CC(F)(F)CCNc1ncncc1N. The molecule has 0 aliphatic rings. The molecule has 78 valence electrons. The van der Waals surface area contributed by atoms with Crippen LogP contribution in [-0.2, 0) is 0 Å². The number of rotatable bonds is 4. The van der Waals surface area contributed by atoms with Gasteiger partial charge in [-0.1, -0.05) is 0 Å². The number of nitrogens with one attached hydrogen (secondary N) is 1. The summed E-state index contributed by atoms with van der Waals surface area (Å²) >= 11 is 0. The molecule has 0 unspecified atom stereocenters. The maximum absolute atomic E-state index is 12.4. The highest BCUT2D eigenvalue weighted by molar-refractivity contribution is 5.58. The van der Waals surface area contributed by atoms with Gasteiger partial charge in [-0.2, -0.15) is 0 Å². The van der Waals surface area contributed by atoms with Crippen molar-refractivity contribution in [1.82, 2.24) is 9.97 Å². The van der Waals surface area contributed by atoms with Crippen molar-refractivity contribution in [2.45, 2.75) is 19.3 Å². The molecule has 0 amide bonds. The number of nitrogen functional groups attached to an aromatic ring is 1. The summed E-state index contributed by atoms with van der Waals surface area (Å²) in [6.07, 6.45) is 2.47. The van der Waals surface area contributed by atoms with Crippen LogP contribution in [0.1, 0.15) is 13.3 Å². The lowest BCUT2D eigenvalue weighted by Gasteiger charge is -2.11. The van der Waals surface area contributed by atoms with Crippen molar-refractivity contribution in [2.75, 3.05) is 17.6 Å². The minimum Gasteiger partial charge on any atom is -0.394 e. The minimum atomic E-state index is -2.67. The van der Waals surface area contributed by atoms with Crippen molar-refractivity contribution < 1.29 is 8.78 Å². The Hall–Kier alpha value is -1.46. The summed E-state index contributed by atoms with van der Waals surface area (Å²) in [6, 6.07) is 0. The van der Waals surface area contributed by atoms with E-state index in [-0.39, 0.29) is 13.0 Å². The second kappa shape index (κ2) is 4.17. The fourth-order valence-corrected chi connectivity index (χ4v) is 0.888. The van der Waals surface area contributed by atoms with Gasteiger partial charge in [0.2, 0.25) is 5.92 Å². The average molecular weight is 202 g/mol. The summed E-state index contributed by atoms with van der Waals surface area (Å²) in [5, 5.41) is 2.71. The highest BCUT2D eigenvalue weighted by atomic mass is 19.3. The molecule has 0 bridgehead atoms. The van der Waals surface area contributed by atoms with Crippen LogP contribution >= 0.6 is 0 Å². The summed E-state index contributed by atoms with van der Waals surface area (Å²) in [5.41, 5.74) is 5.85.